The zero-order valence-electron chi connectivity index (χ0n) is 16.5. The van der Waals surface area contributed by atoms with E-state index in [0.29, 0.717) is 5.75 Å². The molecule has 1 aromatic heterocycles. The lowest BCUT2D eigenvalue weighted by Gasteiger charge is -2.05. The van der Waals surface area contributed by atoms with Gasteiger partial charge in [0.2, 0.25) is 0 Å². The van der Waals surface area contributed by atoms with Crippen molar-refractivity contribution >= 4 is 17.5 Å². The molecule has 0 N–H and O–H groups in total. The number of carbonyl (C=O) groups is 1. The van der Waals surface area contributed by atoms with E-state index in [2.05, 4.69) is 22.3 Å². The molecule has 0 aliphatic rings. The number of hydrogen-bond acceptors (Lipinski definition) is 5. The van der Waals surface area contributed by atoms with Crippen molar-refractivity contribution in [2.24, 2.45) is 7.05 Å². The molecule has 3 aromatic rings. The fourth-order valence-corrected chi connectivity index (χ4v) is 3.71. The first-order chi connectivity index (χ1) is 13.6. The van der Waals surface area contributed by atoms with Gasteiger partial charge in [-0.25, -0.2) is 0 Å². The fraction of sp³-hybridized carbons (Fsp3) is 0.318. The minimum atomic E-state index is 0.106. The first kappa shape index (κ1) is 20.1. The van der Waals surface area contributed by atoms with Crippen LogP contribution in [0.15, 0.2) is 53.7 Å². The van der Waals surface area contributed by atoms with Gasteiger partial charge in [-0.1, -0.05) is 53.7 Å². The van der Waals surface area contributed by atoms with Crippen molar-refractivity contribution in [2.45, 2.75) is 31.3 Å². The molecule has 0 saturated heterocycles. The van der Waals surface area contributed by atoms with Gasteiger partial charge >= 0.3 is 0 Å². The molecule has 1 heterocycles. The number of hydrogen-bond donors (Lipinski definition) is 0. The number of carbonyl (C=O) groups excluding carboxylic acids is 1. The quantitative estimate of drug-likeness (QED) is 0.400. The van der Waals surface area contributed by atoms with E-state index in [9.17, 15) is 4.79 Å². The summed E-state index contributed by atoms with van der Waals surface area (Å²) < 4.78 is 7.17. The summed E-state index contributed by atoms with van der Waals surface area (Å²) in [6.45, 7) is 2.01. The Hall–Kier alpha value is -2.60. The molecule has 3 rings (SSSR count). The van der Waals surface area contributed by atoms with Crippen LogP contribution in [0, 0.1) is 6.92 Å². The van der Waals surface area contributed by atoms with Crippen LogP contribution >= 0.6 is 11.8 Å². The third kappa shape index (κ3) is 5.23. The summed E-state index contributed by atoms with van der Waals surface area (Å²) in [7, 11) is 3.63. The standard InChI is InChI=1S/C22H25N3O2S/c1-16-7-11-18(12-8-16)20(26)15-28-22-24-23-21(25(22)2)6-4-5-17-9-13-19(27-3)14-10-17/h7-14H,4-6,15H2,1-3H3. The van der Waals surface area contributed by atoms with E-state index in [1.54, 1.807) is 7.11 Å². The van der Waals surface area contributed by atoms with Crippen molar-refractivity contribution in [3.05, 3.63) is 71.0 Å². The second kappa shape index (κ2) is 9.55. The molecule has 0 amide bonds. The van der Waals surface area contributed by atoms with Crippen LogP contribution in [0.4, 0.5) is 0 Å². The van der Waals surface area contributed by atoms with Crippen LogP contribution in [0.25, 0.3) is 0 Å². The lowest BCUT2D eigenvalue weighted by Crippen LogP contribution is -2.05. The average Bonchev–Trinajstić information content (AvgIpc) is 3.07. The van der Waals surface area contributed by atoms with Crippen molar-refractivity contribution in [1.82, 2.24) is 14.8 Å². The molecule has 0 unspecified atom stereocenters. The number of ketones is 1. The minimum Gasteiger partial charge on any atom is -0.497 e. The summed E-state index contributed by atoms with van der Waals surface area (Å²) in [5.41, 5.74) is 3.16. The maximum atomic E-state index is 12.3. The molecule has 0 aliphatic carbocycles. The molecule has 28 heavy (non-hydrogen) atoms. The van der Waals surface area contributed by atoms with Crippen LogP contribution in [0.3, 0.4) is 0 Å². The summed E-state index contributed by atoms with van der Waals surface area (Å²) in [6, 6.07) is 15.8. The Labute approximate surface area is 170 Å². The highest BCUT2D eigenvalue weighted by molar-refractivity contribution is 7.99. The summed E-state index contributed by atoms with van der Waals surface area (Å²) in [5.74, 6) is 2.28. The number of rotatable bonds is 9. The van der Waals surface area contributed by atoms with Crippen LogP contribution in [0.5, 0.6) is 5.75 Å². The molecule has 6 heteroatoms. The molecule has 0 radical (unpaired) electrons. The van der Waals surface area contributed by atoms with E-state index in [-0.39, 0.29) is 5.78 Å². The van der Waals surface area contributed by atoms with Gasteiger partial charge < -0.3 is 9.30 Å². The number of ether oxygens (including phenoxy) is 1. The SMILES string of the molecule is COc1ccc(CCCc2nnc(SCC(=O)c3ccc(C)cc3)n2C)cc1. The molecule has 146 valence electrons. The predicted molar refractivity (Wildman–Crippen MR) is 112 cm³/mol. The van der Waals surface area contributed by atoms with Gasteiger partial charge in [-0.3, -0.25) is 4.79 Å². The Morgan fingerprint density at radius 2 is 1.75 bits per heavy atom. The summed E-state index contributed by atoms with van der Waals surface area (Å²) >= 11 is 1.43. The molecule has 0 fully saturated rings. The van der Waals surface area contributed by atoms with Crippen LogP contribution in [-0.2, 0) is 19.9 Å². The van der Waals surface area contributed by atoms with Gasteiger partial charge in [-0.2, -0.15) is 0 Å². The van der Waals surface area contributed by atoms with Crippen LogP contribution in [0.2, 0.25) is 0 Å². The maximum absolute atomic E-state index is 12.3. The second-order valence-electron chi connectivity index (χ2n) is 6.74. The Morgan fingerprint density at radius 3 is 2.43 bits per heavy atom. The number of benzene rings is 2. The molecule has 5 nitrogen and oxygen atoms in total. The van der Waals surface area contributed by atoms with Crippen LogP contribution in [0.1, 0.15) is 33.7 Å². The second-order valence-corrected chi connectivity index (χ2v) is 7.68. The number of methoxy groups -OCH3 is 1. The van der Waals surface area contributed by atoms with Crippen molar-refractivity contribution < 1.29 is 9.53 Å². The lowest BCUT2D eigenvalue weighted by molar-refractivity contribution is 0.102. The topological polar surface area (TPSA) is 57.0 Å². The lowest BCUT2D eigenvalue weighted by atomic mass is 10.1. The van der Waals surface area contributed by atoms with E-state index < -0.39 is 0 Å². The number of Topliss-reactive ketones (excluding diaryl/α,β-unsaturated/α-hetero) is 1. The van der Waals surface area contributed by atoms with Gasteiger partial charge in [-0.05, 0) is 37.5 Å². The Kier molecular flexibility index (Phi) is 6.87. The summed E-state index contributed by atoms with van der Waals surface area (Å²) in [6.07, 6.45) is 2.82. The van der Waals surface area contributed by atoms with Gasteiger partial charge in [-0.15, -0.1) is 10.2 Å². The minimum absolute atomic E-state index is 0.106. The van der Waals surface area contributed by atoms with E-state index >= 15 is 0 Å². The Balaban J connectivity index is 1.50. The zero-order chi connectivity index (χ0) is 19.9. The molecule has 0 aliphatic heterocycles. The fourth-order valence-electron chi connectivity index (χ4n) is 2.88. The van der Waals surface area contributed by atoms with Gasteiger partial charge in [0, 0.05) is 19.0 Å². The predicted octanol–water partition coefficient (Wildman–Crippen LogP) is 4.28. The van der Waals surface area contributed by atoms with Gasteiger partial charge in [0.15, 0.2) is 10.9 Å². The summed E-state index contributed by atoms with van der Waals surface area (Å²) in [5, 5.41) is 9.33. The van der Waals surface area contributed by atoms with Crippen LogP contribution in [-0.4, -0.2) is 33.4 Å². The number of aromatic nitrogens is 3. The van der Waals surface area contributed by atoms with E-state index in [0.717, 1.165) is 47.1 Å². The van der Waals surface area contributed by atoms with E-state index in [1.807, 2.05) is 54.9 Å². The third-order valence-electron chi connectivity index (χ3n) is 4.66. The first-order valence-electron chi connectivity index (χ1n) is 9.30. The molecule has 0 atom stereocenters. The van der Waals surface area contributed by atoms with Crippen molar-refractivity contribution in [2.75, 3.05) is 12.9 Å². The molecular weight excluding hydrogens is 370 g/mol. The number of nitrogens with zero attached hydrogens (tertiary/aromatic N) is 3. The van der Waals surface area contributed by atoms with Gasteiger partial charge in [0.1, 0.15) is 11.6 Å². The normalized spacial score (nSPS) is 10.8. The first-order valence-corrected chi connectivity index (χ1v) is 10.3. The van der Waals surface area contributed by atoms with E-state index in [4.69, 9.17) is 4.74 Å². The Morgan fingerprint density at radius 1 is 1.04 bits per heavy atom. The monoisotopic (exact) mass is 395 g/mol. The molecule has 0 bridgehead atoms. The van der Waals surface area contributed by atoms with Gasteiger partial charge in [0.25, 0.3) is 0 Å². The highest BCUT2D eigenvalue weighted by atomic mass is 32.2. The highest BCUT2D eigenvalue weighted by Crippen LogP contribution is 2.19. The van der Waals surface area contributed by atoms with Crippen molar-refractivity contribution in [1.29, 1.82) is 0 Å². The average molecular weight is 396 g/mol. The van der Waals surface area contributed by atoms with Gasteiger partial charge in [0.05, 0.1) is 12.9 Å². The summed E-state index contributed by atoms with van der Waals surface area (Å²) in [4.78, 5) is 12.3. The Bertz CT molecular complexity index is 918. The van der Waals surface area contributed by atoms with Crippen LogP contribution < -0.4 is 4.74 Å². The largest absolute Gasteiger partial charge is 0.497 e. The van der Waals surface area contributed by atoms with Crippen molar-refractivity contribution in [3.8, 4) is 5.75 Å². The maximum Gasteiger partial charge on any atom is 0.191 e. The third-order valence-corrected chi connectivity index (χ3v) is 5.68. The molecule has 2 aromatic carbocycles. The number of aryl methyl sites for hydroxylation is 3. The smallest absolute Gasteiger partial charge is 0.191 e. The number of thioether (sulfide) groups is 1. The molecular formula is C22H25N3O2S. The molecule has 0 saturated carbocycles. The van der Waals surface area contributed by atoms with E-state index in [1.165, 1.54) is 17.3 Å². The highest BCUT2D eigenvalue weighted by Gasteiger charge is 2.12. The molecule has 0 spiro atoms. The zero-order valence-corrected chi connectivity index (χ0v) is 17.3. The van der Waals surface area contributed by atoms with Crippen molar-refractivity contribution in [3.63, 3.8) is 0 Å².